The molecule has 9 heteroatoms. The summed E-state index contributed by atoms with van der Waals surface area (Å²) in [5, 5.41) is 5.85. The van der Waals surface area contributed by atoms with Crippen molar-refractivity contribution in [2.24, 2.45) is 0 Å². The number of hydrogen-bond acceptors (Lipinski definition) is 5. The molecule has 0 aromatic heterocycles. The number of hydrogen-bond donors (Lipinski definition) is 2. The standard InChI is InChI=1S/C26H21Cl2N3O4/c1-15(2)35-21-12-10-19(11-13-21)30-24(32)16-6-8-18(9-7-16)29-23-22(28)25(33)31(26(23)34)20-5-3-4-17(27)14-20/h3-15,29H,1-2H3,(H,30,32). The molecule has 0 saturated carbocycles. The van der Waals surface area contributed by atoms with E-state index in [1.165, 1.54) is 6.07 Å². The summed E-state index contributed by atoms with van der Waals surface area (Å²) in [5.74, 6) is -0.836. The Hall–Kier alpha value is -3.81. The zero-order valence-corrected chi connectivity index (χ0v) is 20.4. The number of ether oxygens (including phenoxy) is 1. The molecule has 4 rings (SSSR count). The predicted molar refractivity (Wildman–Crippen MR) is 137 cm³/mol. The lowest BCUT2D eigenvalue weighted by Gasteiger charge is -2.15. The molecule has 0 unspecified atom stereocenters. The van der Waals surface area contributed by atoms with E-state index in [0.29, 0.717) is 27.6 Å². The van der Waals surface area contributed by atoms with Crippen LogP contribution in [-0.4, -0.2) is 23.8 Å². The molecule has 1 heterocycles. The first kappa shape index (κ1) is 24.3. The molecule has 1 aliphatic heterocycles. The second-order valence-electron chi connectivity index (χ2n) is 7.96. The zero-order chi connectivity index (χ0) is 25.1. The van der Waals surface area contributed by atoms with Crippen molar-refractivity contribution in [2.45, 2.75) is 20.0 Å². The van der Waals surface area contributed by atoms with Crippen LogP contribution in [0.1, 0.15) is 24.2 Å². The van der Waals surface area contributed by atoms with Crippen molar-refractivity contribution >= 4 is 58.0 Å². The van der Waals surface area contributed by atoms with Crippen molar-refractivity contribution in [3.8, 4) is 5.75 Å². The van der Waals surface area contributed by atoms with E-state index >= 15 is 0 Å². The second-order valence-corrected chi connectivity index (χ2v) is 8.78. The van der Waals surface area contributed by atoms with Crippen molar-refractivity contribution < 1.29 is 19.1 Å². The molecular weight excluding hydrogens is 489 g/mol. The van der Waals surface area contributed by atoms with Gasteiger partial charge in [0.15, 0.2) is 0 Å². The third-order valence-corrected chi connectivity index (χ3v) is 5.58. The maximum absolute atomic E-state index is 12.9. The van der Waals surface area contributed by atoms with Crippen LogP contribution in [0.5, 0.6) is 5.75 Å². The van der Waals surface area contributed by atoms with E-state index in [1.54, 1.807) is 66.7 Å². The number of carbonyl (C=O) groups excluding carboxylic acids is 3. The lowest BCUT2D eigenvalue weighted by Crippen LogP contribution is -2.32. The molecule has 2 N–H and O–H groups in total. The van der Waals surface area contributed by atoms with Crippen molar-refractivity contribution in [3.05, 3.63) is 94.1 Å². The van der Waals surface area contributed by atoms with E-state index in [2.05, 4.69) is 10.6 Å². The van der Waals surface area contributed by atoms with Crippen LogP contribution in [0.4, 0.5) is 17.1 Å². The smallest absolute Gasteiger partial charge is 0.283 e. The van der Waals surface area contributed by atoms with Gasteiger partial charge in [-0.3, -0.25) is 14.4 Å². The van der Waals surface area contributed by atoms with Gasteiger partial charge < -0.3 is 15.4 Å². The van der Waals surface area contributed by atoms with Gasteiger partial charge in [0.05, 0.1) is 11.8 Å². The van der Waals surface area contributed by atoms with Crippen molar-refractivity contribution in [2.75, 3.05) is 15.5 Å². The molecule has 3 aromatic carbocycles. The summed E-state index contributed by atoms with van der Waals surface area (Å²) < 4.78 is 5.60. The van der Waals surface area contributed by atoms with Crippen molar-refractivity contribution in [1.29, 1.82) is 0 Å². The molecule has 0 spiro atoms. The van der Waals surface area contributed by atoms with E-state index in [9.17, 15) is 14.4 Å². The number of imide groups is 1. The summed E-state index contributed by atoms with van der Waals surface area (Å²) in [6.07, 6.45) is 0.0609. The number of nitrogens with one attached hydrogen (secondary N) is 2. The van der Waals surface area contributed by atoms with Gasteiger partial charge in [0.1, 0.15) is 16.5 Å². The first-order valence-electron chi connectivity index (χ1n) is 10.7. The molecule has 0 saturated heterocycles. The SMILES string of the molecule is CC(C)Oc1ccc(NC(=O)c2ccc(NC3=C(Cl)C(=O)N(c4cccc(Cl)c4)C3=O)cc2)cc1. The fraction of sp³-hybridized carbons (Fsp3) is 0.115. The summed E-state index contributed by atoms with van der Waals surface area (Å²) in [7, 11) is 0. The molecule has 0 atom stereocenters. The van der Waals surface area contributed by atoms with Gasteiger partial charge in [0.2, 0.25) is 0 Å². The van der Waals surface area contributed by atoms with Crippen LogP contribution in [0.25, 0.3) is 0 Å². The Balaban J connectivity index is 1.43. The molecule has 7 nitrogen and oxygen atoms in total. The lowest BCUT2D eigenvalue weighted by atomic mass is 10.2. The summed E-state index contributed by atoms with van der Waals surface area (Å²) in [6, 6.07) is 19.9. The molecule has 35 heavy (non-hydrogen) atoms. The molecule has 0 aliphatic carbocycles. The van der Waals surface area contributed by atoms with E-state index in [-0.39, 0.29) is 22.7 Å². The van der Waals surface area contributed by atoms with Crippen molar-refractivity contribution in [1.82, 2.24) is 0 Å². The molecule has 0 bridgehead atoms. The van der Waals surface area contributed by atoms with Gasteiger partial charge in [-0.05, 0) is 80.6 Å². The Kier molecular flexibility index (Phi) is 7.10. The van der Waals surface area contributed by atoms with Crippen LogP contribution in [0.15, 0.2) is 83.5 Å². The summed E-state index contributed by atoms with van der Waals surface area (Å²) >= 11 is 12.2. The van der Waals surface area contributed by atoms with E-state index in [0.717, 1.165) is 10.6 Å². The summed E-state index contributed by atoms with van der Waals surface area (Å²) in [6.45, 7) is 3.88. The van der Waals surface area contributed by atoms with Gasteiger partial charge in [-0.1, -0.05) is 29.3 Å². The highest BCUT2D eigenvalue weighted by atomic mass is 35.5. The zero-order valence-electron chi connectivity index (χ0n) is 18.8. The quantitative estimate of drug-likeness (QED) is 0.392. The van der Waals surface area contributed by atoms with Crippen LogP contribution in [0.2, 0.25) is 5.02 Å². The Morgan fingerprint density at radius 3 is 2.17 bits per heavy atom. The van der Waals surface area contributed by atoms with Crippen molar-refractivity contribution in [3.63, 3.8) is 0 Å². The number of benzene rings is 3. The second kappa shape index (κ2) is 10.2. The van der Waals surface area contributed by atoms with Gasteiger partial charge in [-0.15, -0.1) is 0 Å². The molecule has 178 valence electrons. The fourth-order valence-electron chi connectivity index (χ4n) is 3.40. The normalized spacial score (nSPS) is 13.5. The average molecular weight is 510 g/mol. The summed E-state index contributed by atoms with van der Waals surface area (Å²) in [4.78, 5) is 39.0. The minimum Gasteiger partial charge on any atom is -0.491 e. The number of carbonyl (C=O) groups is 3. The number of halogens is 2. The van der Waals surface area contributed by atoms with Crippen LogP contribution in [-0.2, 0) is 9.59 Å². The van der Waals surface area contributed by atoms with Gasteiger partial charge >= 0.3 is 0 Å². The molecule has 3 aromatic rings. The van der Waals surface area contributed by atoms with Gasteiger partial charge in [0.25, 0.3) is 17.7 Å². The van der Waals surface area contributed by atoms with Gasteiger partial charge in [-0.25, -0.2) is 4.90 Å². The maximum atomic E-state index is 12.9. The average Bonchev–Trinajstić information content (AvgIpc) is 3.03. The highest BCUT2D eigenvalue weighted by Gasteiger charge is 2.39. The van der Waals surface area contributed by atoms with Crippen LogP contribution in [0, 0.1) is 0 Å². The number of amides is 3. The van der Waals surface area contributed by atoms with Crippen LogP contribution < -0.4 is 20.3 Å². The Morgan fingerprint density at radius 2 is 1.54 bits per heavy atom. The molecule has 0 fully saturated rings. The van der Waals surface area contributed by atoms with E-state index in [4.69, 9.17) is 27.9 Å². The predicted octanol–water partition coefficient (Wildman–Crippen LogP) is 5.82. The summed E-state index contributed by atoms with van der Waals surface area (Å²) in [5.41, 5.74) is 1.78. The maximum Gasteiger partial charge on any atom is 0.283 e. The minimum atomic E-state index is -0.651. The highest BCUT2D eigenvalue weighted by Crippen LogP contribution is 2.31. The Labute approximate surface area is 212 Å². The topological polar surface area (TPSA) is 87.7 Å². The van der Waals surface area contributed by atoms with E-state index < -0.39 is 11.8 Å². The third kappa shape index (κ3) is 5.48. The van der Waals surface area contributed by atoms with Crippen LogP contribution >= 0.6 is 23.2 Å². The molecule has 0 radical (unpaired) electrons. The Morgan fingerprint density at radius 1 is 0.886 bits per heavy atom. The first-order valence-corrected chi connectivity index (χ1v) is 11.5. The largest absolute Gasteiger partial charge is 0.491 e. The van der Waals surface area contributed by atoms with E-state index in [1.807, 2.05) is 13.8 Å². The fourth-order valence-corrected chi connectivity index (χ4v) is 3.80. The molecular formula is C26H21Cl2N3O4. The van der Waals surface area contributed by atoms with Crippen LogP contribution in [0.3, 0.4) is 0 Å². The monoisotopic (exact) mass is 509 g/mol. The molecule has 1 aliphatic rings. The van der Waals surface area contributed by atoms with Gasteiger partial charge in [0, 0.05) is 22.0 Å². The minimum absolute atomic E-state index is 0.0578. The Bertz CT molecular complexity index is 1320. The number of rotatable bonds is 7. The molecule has 3 amide bonds. The highest BCUT2D eigenvalue weighted by molar-refractivity contribution is 6.53. The lowest BCUT2D eigenvalue weighted by molar-refractivity contribution is -0.120. The number of anilines is 3. The third-order valence-electron chi connectivity index (χ3n) is 4.99. The van der Waals surface area contributed by atoms with Gasteiger partial charge in [-0.2, -0.15) is 0 Å². The first-order chi connectivity index (χ1) is 16.7. The number of nitrogens with zero attached hydrogens (tertiary/aromatic N) is 1.